The van der Waals surface area contributed by atoms with Gasteiger partial charge in [-0.25, -0.2) is 14.4 Å². The van der Waals surface area contributed by atoms with E-state index in [-0.39, 0.29) is 18.1 Å². The van der Waals surface area contributed by atoms with Gasteiger partial charge in [-0.15, -0.1) is 0 Å². The Balaban J connectivity index is 1.22. The fourth-order valence-corrected chi connectivity index (χ4v) is 4.99. The lowest BCUT2D eigenvalue weighted by Crippen LogP contribution is -2.14. The summed E-state index contributed by atoms with van der Waals surface area (Å²) in [6, 6.07) is 21.8. The summed E-state index contributed by atoms with van der Waals surface area (Å²) in [7, 11) is 0. The lowest BCUT2D eigenvalue weighted by Gasteiger charge is -2.07. The molecule has 0 aliphatic heterocycles. The zero-order valence-corrected chi connectivity index (χ0v) is 22.4. The summed E-state index contributed by atoms with van der Waals surface area (Å²) in [6.07, 6.45) is 5.23. The topological polar surface area (TPSA) is 125 Å². The molecule has 5 aromatic heterocycles. The van der Waals surface area contributed by atoms with Gasteiger partial charge < -0.3 is 10.3 Å². The molecule has 0 bridgehead atoms. The number of hydrogen-bond acceptors (Lipinski definition) is 6. The predicted octanol–water partition coefficient (Wildman–Crippen LogP) is 6.25. The van der Waals surface area contributed by atoms with E-state index in [2.05, 4.69) is 30.5 Å². The number of pyridine rings is 3. The van der Waals surface area contributed by atoms with E-state index in [4.69, 9.17) is 9.97 Å². The Hall–Kier alpha value is -5.77. The molecule has 5 heterocycles. The maximum atomic E-state index is 14.2. The molecular formula is C32H23FN8O. The molecule has 0 radical (unpaired) electrons. The second kappa shape index (κ2) is 10.3. The Labute approximate surface area is 238 Å². The van der Waals surface area contributed by atoms with Crippen molar-refractivity contribution in [2.24, 2.45) is 0 Å². The highest BCUT2D eigenvalue weighted by Gasteiger charge is 2.18. The molecule has 0 saturated carbocycles. The summed E-state index contributed by atoms with van der Waals surface area (Å²) in [4.78, 5) is 34.4. The summed E-state index contributed by atoms with van der Waals surface area (Å²) in [6.45, 7) is 1.84. The third kappa shape index (κ3) is 4.86. The monoisotopic (exact) mass is 554 g/mol. The van der Waals surface area contributed by atoms with Crippen LogP contribution in [0.4, 0.5) is 10.1 Å². The average molecular weight is 555 g/mol. The maximum absolute atomic E-state index is 14.2. The number of nitrogens with zero attached hydrogens (tertiary/aromatic N) is 5. The summed E-state index contributed by atoms with van der Waals surface area (Å²) < 4.78 is 14.2. The Kier molecular flexibility index (Phi) is 6.20. The number of anilines is 1. The van der Waals surface area contributed by atoms with Crippen LogP contribution in [0.25, 0.3) is 56.1 Å². The van der Waals surface area contributed by atoms with Gasteiger partial charge in [0, 0.05) is 23.5 Å². The Bertz CT molecular complexity index is 2080. The van der Waals surface area contributed by atoms with E-state index in [1.807, 2.05) is 67.6 Å². The van der Waals surface area contributed by atoms with E-state index in [1.54, 1.807) is 18.6 Å². The highest BCUT2D eigenvalue weighted by atomic mass is 19.1. The number of hydrogen-bond donors (Lipinski definition) is 3. The zero-order chi connectivity index (χ0) is 28.6. The van der Waals surface area contributed by atoms with Gasteiger partial charge in [-0.2, -0.15) is 5.10 Å². The molecule has 0 fully saturated rings. The van der Waals surface area contributed by atoms with Crippen molar-refractivity contribution in [3.63, 3.8) is 0 Å². The number of halogens is 1. The van der Waals surface area contributed by atoms with Crippen molar-refractivity contribution < 1.29 is 9.18 Å². The van der Waals surface area contributed by atoms with E-state index in [0.29, 0.717) is 45.2 Å². The van der Waals surface area contributed by atoms with Crippen LogP contribution in [0.2, 0.25) is 0 Å². The van der Waals surface area contributed by atoms with Crippen LogP contribution in [0.1, 0.15) is 11.1 Å². The van der Waals surface area contributed by atoms with Crippen molar-refractivity contribution in [1.29, 1.82) is 0 Å². The van der Waals surface area contributed by atoms with E-state index >= 15 is 0 Å². The van der Waals surface area contributed by atoms with E-state index < -0.39 is 0 Å². The first-order valence-corrected chi connectivity index (χ1v) is 13.3. The summed E-state index contributed by atoms with van der Waals surface area (Å²) in [5.41, 5.74) is 8.13. The molecule has 3 N–H and O–H groups in total. The number of carbonyl (C=O) groups is 1. The highest BCUT2D eigenvalue weighted by molar-refractivity contribution is 5.95. The van der Waals surface area contributed by atoms with Crippen LogP contribution in [0, 0.1) is 12.7 Å². The number of amides is 1. The number of imidazole rings is 1. The maximum Gasteiger partial charge on any atom is 0.228 e. The van der Waals surface area contributed by atoms with Crippen molar-refractivity contribution in [3.05, 3.63) is 108 Å². The predicted molar refractivity (Wildman–Crippen MR) is 159 cm³/mol. The number of aromatic nitrogens is 7. The SMILES string of the molecule is Cc1cc(F)cc(-c2nccc3[nH]c(-c4n[nH]c5ccc(-c6cncc(NC(=O)Cc7ccccc7)c6)nc45)nc23)c1. The molecule has 204 valence electrons. The molecule has 0 aliphatic rings. The molecule has 42 heavy (non-hydrogen) atoms. The minimum absolute atomic E-state index is 0.132. The second-order valence-electron chi connectivity index (χ2n) is 10.00. The van der Waals surface area contributed by atoms with Crippen molar-refractivity contribution in [2.75, 3.05) is 5.32 Å². The molecule has 7 rings (SSSR count). The fourth-order valence-electron chi connectivity index (χ4n) is 4.99. The van der Waals surface area contributed by atoms with Crippen LogP contribution < -0.4 is 5.32 Å². The Morgan fingerprint density at radius 2 is 1.74 bits per heavy atom. The average Bonchev–Trinajstić information content (AvgIpc) is 3.61. The molecule has 9 nitrogen and oxygen atoms in total. The van der Waals surface area contributed by atoms with Crippen LogP contribution in [0.3, 0.4) is 0 Å². The van der Waals surface area contributed by atoms with Gasteiger partial charge in [-0.3, -0.25) is 19.9 Å². The number of benzene rings is 2. The molecule has 0 spiro atoms. The molecule has 10 heteroatoms. The first-order valence-electron chi connectivity index (χ1n) is 13.3. The van der Waals surface area contributed by atoms with E-state index in [0.717, 1.165) is 27.7 Å². The lowest BCUT2D eigenvalue weighted by molar-refractivity contribution is -0.115. The highest BCUT2D eigenvalue weighted by Crippen LogP contribution is 2.31. The van der Waals surface area contributed by atoms with Crippen LogP contribution in [-0.2, 0) is 11.2 Å². The minimum atomic E-state index is -0.330. The number of aryl methyl sites for hydroxylation is 1. The van der Waals surface area contributed by atoms with Gasteiger partial charge in [0.1, 0.15) is 16.9 Å². The quantitative estimate of drug-likeness (QED) is 0.223. The molecule has 7 aromatic rings. The number of rotatable bonds is 6. The Morgan fingerprint density at radius 1 is 0.881 bits per heavy atom. The van der Waals surface area contributed by atoms with Crippen LogP contribution >= 0.6 is 0 Å². The molecule has 0 unspecified atom stereocenters. The van der Waals surface area contributed by atoms with Gasteiger partial charge in [0.25, 0.3) is 0 Å². The molecule has 0 atom stereocenters. The Morgan fingerprint density at radius 3 is 2.60 bits per heavy atom. The van der Waals surface area contributed by atoms with Crippen molar-refractivity contribution in [2.45, 2.75) is 13.3 Å². The number of aromatic amines is 2. The standard InChI is InChI=1S/C32H23FN8O/c1-18-11-20(14-22(33)12-18)28-29-25(9-10-35-28)38-32(39-29)31-30-26(40-41-31)8-7-24(37-30)21-15-23(17-34-16-21)36-27(42)13-19-5-3-2-4-6-19/h2-12,14-17H,13H2,1H3,(H,36,42)(H,38,39)(H,40,41). The van der Waals surface area contributed by atoms with Crippen molar-refractivity contribution in [1.82, 2.24) is 35.1 Å². The van der Waals surface area contributed by atoms with E-state index in [9.17, 15) is 9.18 Å². The second-order valence-corrected chi connectivity index (χ2v) is 10.00. The number of fused-ring (bicyclic) bond motifs is 2. The van der Waals surface area contributed by atoms with Crippen molar-refractivity contribution in [3.8, 4) is 34.0 Å². The van der Waals surface area contributed by atoms with Gasteiger partial charge in [0.05, 0.1) is 40.7 Å². The third-order valence-electron chi connectivity index (χ3n) is 6.87. The molecule has 1 amide bonds. The van der Waals surface area contributed by atoms with Crippen LogP contribution in [-0.4, -0.2) is 41.0 Å². The molecule has 2 aromatic carbocycles. The van der Waals surface area contributed by atoms with Crippen molar-refractivity contribution >= 4 is 33.7 Å². The van der Waals surface area contributed by atoms with Gasteiger partial charge in [0.15, 0.2) is 11.5 Å². The third-order valence-corrected chi connectivity index (χ3v) is 6.87. The first kappa shape index (κ1) is 25.2. The largest absolute Gasteiger partial charge is 0.336 e. The smallest absolute Gasteiger partial charge is 0.228 e. The van der Waals surface area contributed by atoms with Crippen LogP contribution in [0.15, 0.2) is 91.4 Å². The first-order chi connectivity index (χ1) is 20.5. The summed E-state index contributed by atoms with van der Waals surface area (Å²) >= 11 is 0. The lowest BCUT2D eigenvalue weighted by atomic mass is 10.1. The molecular weight excluding hydrogens is 531 g/mol. The number of carbonyl (C=O) groups excluding carboxylic acids is 1. The van der Waals surface area contributed by atoms with Gasteiger partial charge in [-0.1, -0.05) is 30.3 Å². The van der Waals surface area contributed by atoms with Gasteiger partial charge in [-0.05, 0) is 60.5 Å². The number of nitrogens with one attached hydrogen (secondary N) is 3. The summed E-state index contributed by atoms with van der Waals surface area (Å²) in [5, 5.41) is 10.4. The van der Waals surface area contributed by atoms with Crippen LogP contribution in [0.5, 0.6) is 0 Å². The number of H-pyrrole nitrogens is 2. The molecule has 0 saturated heterocycles. The van der Waals surface area contributed by atoms with E-state index in [1.165, 1.54) is 12.1 Å². The van der Waals surface area contributed by atoms with Gasteiger partial charge in [0.2, 0.25) is 5.91 Å². The fraction of sp³-hybridized carbons (Fsp3) is 0.0625. The zero-order valence-electron chi connectivity index (χ0n) is 22.4. The normalized spacial score (nSPS) is 11.3. The van der Waals surface area contributed by atoms with Gasteiger partial charge >= 0.3 is 0 Å². The molecule has 0 aliphatic carbocycles. The summed E-state index contributed by atoms with van der Waals surface area (Å²) in [5.74, 6) is 0.0417. The minimum Gasteiger partial charge on any atom is -0.336 e.